The van der Waals surface area contributed by atoms with Gasteiger partial charge in [-0.1, -0.05) is 11.3 Å². The van der Waals surface area contributed by atoms with Crippen LogP contribution in [-0.4, -0.2) is 28.1 Å². The molecule has 1 aromatic heterocycles. The molecule has 0 aliphatic carbocycles. The SMILES string of the molecule is CC(NC(=O)Nc1ncc(Br)s1)C(C)C(=O)O. The molecule has 0 aliphatic rings. The van der Waals surface area contributed by atoms with E-state index in [-0.39, 0.29) is 0 Å². The molecule has 0 aliphatic heterocycles. The quantitative estimate of drug-likeness (QED) is 0.792. The molecule has 0 fully saturated rings. The summed E-state index contributed by atoms with van der Waals surface area (Å²) in [6.07, 6.45) is 1.57. The Hall–Kier alpha value is -1.15. The number of anilines is 1. The molecule has 0 spiro atoms. The van der Waals surface area contributed by atoms with Gasteiger partial charge in [0, 0.05) is 6.04 Å². The summed E-state index contributed by atoms with van der Waals surface area (Å²) >= 11 is 4.50. The van der Waals surface area contributed by atoms with Crippen molar-refractivity contribution in [3.05, 3.63) is 9.98 Å². The molecule has 0 aromatic carbocycles. The Labute approximate surface area is 111 Å². The van der Waals surface area contributed by atoms with Gasteiger partial charge in [-0.2, -0.15) is 0 Å². The molecule has 3 N–H and O–H groups in total. The number of hydrogen-bond acceptors (Lipinski definition) is 4. The van der Waals surface area contributed by atoms with Crippen LogP contribution in [0, 0.1) is 5.92 Å². The highest BCUT2D eigenvalue weighted by Gasteiger charge is 2.21. The highest BCUT2D eigenvalue weighted by Crippen LogP contribution is 2.22. The first-order valence-corrected chi connectivity index (χ1v) is 6.42. The van der Waals surface area contributed by atoms with E-state index in [4.69, 9.17) is 5.11 Å². The zero-order valence-electron chi connectivity index (χ0n) is 9.23. The van der Waals surface area contributed by atoms with Gasteiger partial charge in [0.25, 0.3) is 0 Å². The first kappa shape index (κ1) is 13.9. The van der Waals surface area contributed by atoms with Crippen LogP contribution < -0.4 is 10.6 Å². The van der Waals surface area contributed by atoms with Crippen molar-refractivity contribution in [3.8, 4) is 0 Å². The molecule has 2 unspecified atom stereocenters. The number of aliphatic carboxylic acids is 1. The lowest BCUT2D eigenvalue weighted by molar-refractivity contribution is -0.141. The van der Waals surface area contributed by atoms with Crippen LogP contribution in [0.2, 0.25) is 0 Å². The van der Waals surface area contributed by atoms with E-state index >= 15 is 0 Å². The molecule has 6 nitrogen and oxygen atoms in total. The topological polar surface area (TPSA) is 91.3 Å². The van der Waals surface area contributed by atoms with Crippen molar-refractivity contribution in [3.63, 3.8) is 0 Å². The van der Waals surface area contributed by atoms with Crippen LogP contribution >= 0.6 is 27.3 Å². The van der Waals surface area contributed by atoms with Crippen molar-refractivity contribution < 1.29 is 14.7 Å². The molecule has 0 bridgehead atoms. The fourth-order valence-electron chi connectivity index (χ4n) is 0.991. The van der Waals surface area contributed by atoms with E-state index in [1.807, 2.05) is 0 Å². The van der Waals surface area contributed by atoms with Gasteiger partial charge in [0.1, 0.15) is 0 Å². The number of rotatable bonds is 4. The number of carboxylic acid groups (broad SMARTS) is 1. The highest BCUT2D eigenvalue weighted by molar-refractivity contribution is 9.11. The molecule has 1 rings (SSSR count). The third kappa shape index (κ3) is 4.31. The number of hydrogen-bond donors (Lipinski definition) is 3. The summed E-state index contributed by atoms with van der Waals surface area (Å²) in [4.78, 5) is 26.1. The third-order valence-electron chi connectivity index (χ3n) is 2.20. The first-order valence-electron chi connectivity index (χ1n) is 4.81. The summed E-state index contributed by atoms with van der Waals surface area (Å²) in [5, 5.41) is 14.3. The van der Waals surface area contributed by atoms with Crippen molar-refractivity contribution >= 4 is 44.4 Å². The number of carboxylic acids is 1. The standard InChI is InChI=1S/C9H12BrN3O3S/c1-4(7(14)15)5(2)12-8(16)13-9-11-3-6(10)17-9/h3-5H,1-2H3,(H,14,15)(H2,11,12,13,16). The van der Waals surface area contributed by atoms with Crippen LogP contribution in [-0.2, 0) is 4.79 Å². The van der Waals surface area contributed by atoms with E-state index in [1.54, 1.807) is 13.1 Å². The molecule has 2 atom stereocenters. The predicted octanol–water partition coefficient (Wildman–Crippen LogP) is 2.14. The van der Waals surface area contributed by atoms with Crippen LogP contribution in [0.25, 0.3) is 0 Å². The largest absolute Gasteiger partial charge is 0.481 e. The first-order chi connectivity index (χ1) is 7.90. The average molecular weight is 322 g/mol. The highest BCUT2D eigenvalue weighted by atomic mass is 79.9. The normalized spacial score (nSPS) is 13.8. The second-order valence-electron chi connectivity index (χ2n) is 3.48. The fraction of sp³-hybridized carbons (Fsp3) is 0.444. The Bertz CT molecular complexity index is 423. The van der Waals surface area contributed by atoms with E-state index in [9.17, 15) is 9.59 Å². The smallest absolute Gasteiger partial charge is 0.321 e. The fourth-order valence-corrected chi connectivity index (χ4v) is 2.09. The Balaban J connectivity index is 2.47. The number of nitrogens with one attached hydrogen (secondary N) is 2. The van der Waals surface area contributed by atoms with E-state index in [0.29, 0.717) is 5.13 Å². The minimum absolute atomic E-state index is 0.449. The zero-order valence-corrected chi connectivity index (χ0v) is 11.6. The number of nitrogens with zero attached hydrogens (tertiary/aromatic N) is 1. The molecule has 17 heavy (non-hydrogen) atoms. The Kier molecular flexibility index (Phi) is 4.88. The van der Waals surface area contributed by atoms with Crippen LogP contribution in [0.15, 0.2) is 9.98 Å². The van der Waals surface area contributed by atoms with Gasteiger partial charge < -0.3 is 10.4 Å². The second-order valence-corrected chi connectivity index (χ2v) is 5.89. The number of halogens is 1. The molecule has 1 aromatic rings. The molecular weight excluding hydrogens is 310 g/mol. The number of amides is 2. The molecule has 0 radical (unpaired) electrons. The Morgan fingerprint density at radius 1 is 1.53 bits per heavy atom. The van der Waals surface area contributed by atoms with E-state index in [1.165, 1.54) is 18.3 Å². The summed E-state index contributed by atoms with van der Waals surface area (Å²) in [5.41, 5.74) is 0. The maximum Gasteiger partial charge on any atom is 0.321 e. The van der Waals surface area contributed by atoms with Gasteiger partial charge in [-0.3, -0.25) is 10.1 Å². The average Bonchev–Trinajstić information content (AvgIpc) is 2.62. The number of carbonyl (C=O) groups is 2. The van der Waals surface area contributed by atoms with E-state index in [2.05, 4.69) is 31.5 Å². The molecule has 8 heteroatoms. The van der Waals surface area contributed by atoms with Gasteiger partial charge in [0.15, 0.2) is 5.13 Å². The number of urea groups is 1. The summed E-state index contributed by atoms with van der Waals surface area (Å²) in [6, 6.07) is -0.927. The lowest BCUT2D eigenvalue weighted by Gasteiger charge is -2.17. The maximum atomic E-state index is 11.5. The minimum atomic E-state index is -0.949. The van der Waals surface area contributed by atoms with E-state index in [0.717, 1.165) is 3.79 Å². The van der Waals surface area contributed by atoms with E-state index < -0.39 is 24.0 Å². The Morgan fingerprint density at radius 2 is 2.18 bits per heavy atom. The third-order valence-corrected chi connectivity index (χ3v) is 3.59. The van der Waals surface area contributed by atoms with Crippen LogP contribution in [0.1, 0.15) is 13.8 Å². The zero-order chi connectivity index (χ0) is 13.0. The van der Waals surface area contributed by atoms with Gasteiger partial charge in [-0.15, -0.1) is 0 Å². The van der Waals surface area contributed by atoms with Crippen LogP contribution in [0.5, 0.6) is 0 Å². The maximum absolute atomic E-state index is 11.5. The number of thiazole rings is 1. The van der Waals surface area contributed by atoms with Gasteiger partial charge >= 0.3 is 12.0 Å². The van der Waals surface area contributed by atoms with Crippen molar-refractivity contribution in [2.24, 2.45) is 5.92 Å². The second kappa shape index (κ2) is 5.97. The number of aromatic nitrogens is 1. The predicted molar refractivity (Wildman–Crippen MR) is 68.2 cm³/mol. The molecule has 0 saturated heterocycles. The summed E-state index contributed by atoms with van der Waals surface area (Å²) in [7, 11) is 0. The van der Waals surface area contributed by atoms with Gasteiger partial charge in [0.05, 0.1) is 15.9 Å². The van der Waals surface area contributed by atoms with Gasteiger partial charge in [0.2, 0.25) is 0 Å². The monoisotopic (exact) mass is 321 g/mol. The van der Waals surface area contributed by atoms with Crippen molar-refractivity contribution in [2.75, 3.05) is 5.32 Å². The minimum Gasteiger partial charge on any atom is -0.481 e. The lowest BCUT2D eigenvalue weighted by atomic mass is 10.0. The number of carbonyl (C=O) groups excluding carboxylic acids is 1. The van der Waals surface area contributed by atoms with Crippen molar-refractivity contribution in [1.29, 1.82) is 0 Å². The molecule has 1 heterocycles. The molecule has 94 valence electrons. The molecule has 0 saturated carbocycles. The van der Waals surface area contributed by atoms with Crippen molar-refractivity contribution in [1.82, 2.24) is 10.3 Å². The molecular formula is C9H12BrN3O3S. The molecule has 2 amide bonds. The lowest BCUT2D eigenvalue weighted by Crippen LogP contribution is -2.42. The summed E-state index contributed by atoms with van der Waals surface area (Å²) in [6.45, 7) is 3.17. The summed E-state index contributed by atoms with van der Waals surface area (Å²) < 4.78 is 0.805. The van der Waals surface area contributed by atoms with Crippen molar-refractivity contribution in [2.45, 2.75) is 19.9 Å². The Morgan fingerprint density at radius 3 is 2.65 bits per heavy atom. The van der Waals surface area contributed by atoms with Gasteiger partial charge in [-0.05, 0) is 29.8 Å². The summed E-state index contributed by atoms with van der Waals surface area (Å²) in [5.74, 6) is -1.60. The van der Waals surface area contributed by atoms with Gasteiger partial charge in [-0.25, -0.2) is 9.78 Å². The van der Waals surface area contributed by atoms with Crippen LogP contribution in [0.4, 0.5) is 9.93 Å². The van der Waals surface area contributed by atoms with Crippen LogP contribution in [0.3, 0.4) is 0 Å².